The number of pyridine rings is 2. The summed E-state index contributed by atoms with van der Waals surface area (Å²) >= 11 is 0. The number of fused-ring (bicyclic) bond motifs is 4. The lowest BCUT2D eigenvalue weighted by atomic mass is 9.73. The van der Waals surface area contributed by atoms with Crippen molar-refractivity contribution in [3.8, 4) is 22.6 Å². The molecule has 0 radical (unpaired) electrons. The minimum atomic E-state index is -0.353. The van der Waals surface area contributed by atoms with Gasteiger partial charge in [0.25, 0.3) is 0 Å². The quantitative estimate of drug-likeness (QED) is 0.718. The van der Waals surface area contributed by atoms with Crippen LogP contribution in [-0.2, 0) is 5.41 Å². The van der Waals surface area contributed by atoms with Gasteiger partial charge >= 0.3 is 0 Å². The van der Waals surface area contributed by atoms with E-state index in [-0.39, 0.29) is 5.41 Å². The minimum Gasteiger partial charge on any atom is -0.455 e. The fraction of sp³-hybridized carbons (Fsp3) is 0.100. The molecule has 0 aliphatic carbocycles. The van der Waals surface area contributed by atoms with E-state index in [4.69, 9.17) is 10.5 Å². The monoisotopic (exact) mass is 328 g/mol. The van der Waals surface area contributed by atoms with Gasteiger partial charge in [-0.15, -0.1) is 0 Å². The Morgan fingerprint density at radius 3 is 2.68 bits per heavy atom. The van der Waals surface area contributed by atoms with Crippen LogP contribution in [-0.4, -0.2) is 16.5 Å². The van der Waals surface area contributed by atoms with E-state index in [0.717, 1.165) is 33.8 Å². The molecule has 0 bridgehead atoms. The number of nitrogens with one attached hydrogen (secondary N) is 1. The Kier molecular flexibility index (Phi) is 2.85. The van der Waals surface area contributed by atoms with Crippen molar-refractivity contribution in [2.75, 3.05) is 6.54 Å². The predicted octanol–water partition coefficient (Wildman–Crippen LogP) is 2.94. The number of nitrogens with two attached hydrogens (primary N) is 1. The van der Waals surface area contributed by atoms with Gasteiger partial charge in [-0.25, -0.2) is 0 Å². The second kappa shape index (κ2) is 5.08. The van der Waals surface area contributed by atoms with Crippen molar-refractivity contribution < 1.29 is 4.74 Å². The molecule has 1 atom stereocenters. The topological polar surface area (TPSA) is 73.1 Å². The number of nitrogens with zero attached hydrogens (tertiary/aromatic N) is 2. The van der Waals surface area contributed by atoms with Crippen LogP contribution in [0.4, 0.5) is 0 Å². The summed E-state index contributed by atoms with van der Waals surface area (Å²) in [6.45, 7) is 0.697. The molecule has 0 unspecified atom stereocenters. The summed E-state index contributed by atoms with van der Waals surface area (Å²) in [5.41, 5.74) is 10.1. The Labute approximate surface area is 145 Å². The van der Waals surface area contributed by atoms with E-state index in [1.807, 2.05) is 24.4 Å². The van der Waals surface area contributed by atoms with Crippen molar-refractivity contribution in [1.29, 1.82) is 0 Å². The SMILES string of the molecule is NC1=C[C@@]2(CN1)c1ccncc1Oc1ccc(-c3cccnc3)cc12. The molecule has 5 nitrogen and oxygen atoms in total. The van der Waals surface area contributed by atoms with Crippen molar-refractivity contribution in [2.24, 2.45) is 5.73 Å². The zero-order valence-corrected chi connectivity index (χ0v) is 13.4. The van der Waals surface area contributed by atoms with Crippen LogP contribution in [0.15, 0.2) is 73.1 Å². The van der Waals surface area contributed by atoms with Crippen LogP contribution in [0.3, 0.4) is 0 Å². The molecule has 25 heavy (non-hydrogen) atoms. The molecule has 4 heterocycles. The molecule has 0 amide bonds. The first-order chi connectivity index (χ1) is 12.3. The van der Waals surface area contributed by atoms with Crippen molar-refractivity contribution >= 4 is 0 Å². The highest BCUT2D eigenvalue weighted by atomic mass is 16.5. The average molecular weight is 328 g/mol. The molecule has 2 aliphatic heterocycles. The van der Waals surface area contributed by atoms with Gasteiger partial charge in [-0.2, -0.15) is 0 Å². The van der Waals surface area contributed by atoms with E-state index in [9.17, 15) is 0 Å². The van der Waals surface area contributed by atoms with E-state index in [1.165, 1.54) is 0 Å². The van der Waals surface area contributed by atoms with Crippen molar-refractivity contribution in [1.82, 2.24) is 15.3 Å². The summed E-state index contributed by atoms with van der Waals surface area (Å²) in [5.74, 6) is 2.29. The van der Waals surface area contributed by atoms with Crippen LogP contribution >= 0.6 is 0 Å². The number of benzene rings is 1. The predicted molar refractivity (Wildman–Crippen MR) is 95.0 cm³/mol. The Balaban J connectivity index is 1.75. The van der Waals surface area contributed by atoms with Crippen LogP contribution in [0.1, 0.15) is 11.1 Å². The summed E-state index contributed by atoms with van der Waals surface area (Å²) in [6, 6.07) is 12.2. The van der Waals surface area contributed by atoms with E-state index in [2.05, 4.69) is 39.6 Å². The molecular weight excluding hydrogens is 312 g/mol. The fourth-order valence-corrected chi connectivity index (χ4v) is 3.73. The highest BCUT2D eigenvalue weighted by Gasteiger charge is 2.43. The van der Waals surface area contributed by atoms with Gasteiger partial charge in [-0.3, -0.25) is 9.97 Å². The normalized spacial score (nSPS) is 20.2. The summed E-state index contributed by atoms with van der Waals surface area (Å²) in [4.78, 5) is 8.43. The maximum atomic E-state index is 6.11. The zero-order valence-electron chi connectivity index (χ0n) is 13.4. The molecule has 0 fully saturated rings. The van der Waals surface area contributed by atoms with E-state index in [0.29, 0.717) is 12.4 Å². The molecule has 2 aliphatic rings. The second-order valence-electron chi connectivity index (χ2n) is 6.35. The zero-order chi connectivity index (χ0) is 16.9. The van der Waals surface area contributed by atoms with Crippen LogP contribution in [0.2, 0.25) is 0 Å². The molecule has 0 saturated carbocycles. The smallest absolute Gasteiger partial charge is 0.150 e. The lowest BCUT2D eigenvalue weighted by Gasteiger charge is -2.35. The largest absolute Gasteiger partial charge is 0.455 e. The lowest BCUT2D eigenvalue weighted by molar-refractivity contribution is 0.422. The maximum absolute atomic E-state index is 6.11. The number of hydrogen-bond acceptors (Lipinski definition) is 5. The van der Waals surface area contributed by atoms with Gasteiger partial charge in [0.15, 0.2) is 0 Å². The number of ether oxygens (including phenoxy) is 1. The first-order valence-electron chi connectivity index (χ1n) is 8.16. The van der Waals surface area contributed by atoms with Crippen LogP contribution in [0, 0.1) is 0 Å². The van der Waals surface area contributed by atoms with Gasteiger partial charge < -0.3 is 15.8 Å². The average Bonchev–Trinajstić information content (AvgIpc) is 3.05. The standard InChI is InChI=1S/C20H16N4O/c21-19-9-20(12-24-19)15-5-7-23-11-18(15)25-17-4-3-13(8-16(17)20)14-2-1-6-22-10-14/h1-11,24H,12,21H2/t20-/m1/s1. The molecule has 3 N–H and O–H groups in total. The molecular formula is C20H16N4O. The minimum absolute atomic E-state index is 0.353. The molecule has 1 aromatic carbocycles. The highest BCUT2D eigenvalue weighted by molar-refractivity contribution is 5.70. The number of aromatic nitrogens is 2. The third kappa shape index (κ3) is 2.02. The van der Waals surface area contributed by atoms with Gasteiger partial charge in [-0.05, 0) is 35.9 Å². The molecule has 5 heteroatoms. The van der Waals surface area contributed by atoms with Crippen LogP contribution in [0.25, 0.3) is 11.1 Å². The van der Waals surface area contributed by atoms with E-state index in [1.54, 1.807) is 18.6 Å². The van der Waals surface area contributed by atoms with Crippen molar-refractivity contribution in [3.63, 3.8) is 0 Å². The summed E-state index contributed by atoms with van der Waals surface area (Å²) in [5, 5.41) is 3.27. The third-order valence-electron chi connectivity index (χ3n) is 4.91. The van der Waals surface area contributed by atoms with Crippen molar-refractivity contribution in [3.05, 3.63) is 84.2 Å². The Morgan fingerprint density at radius 2 is 1.88 bits per heavy atom. The lowest BCUT2D eigenvalue weighted by Crippen LogP contribution is -2.34. The molecule has 2 aromatic heterocycles. The molecule has 3 aromatic rings. The number of hydrogen-bond donors (Lipinski definition) is 2. The maximum Gasteiger partial charge on any atom is 0.150 e. The summed E-state index contributed by atoms with van der Waals surface area (Å²) < 4.78 is 6.11. The second-order valence-corrected chi connectivity index (χ2v) is 6.35. The number of rotatable bonds is 1. The van der Waals surface area contributed by atoms with E-state index < -0.39 is 0 Å². The highest BCUT2D eigenvalue weighted by Crippen LogP contribution is 2.50. The van der Waals surface area contributed by atoms with Gasteiger partial charge in [0, 0.05) is 41.8 Å². The molecule has 122 valence electrons. The van der Waals surface area contributed by atoms with Gasteiger partial charge in [0.2, 0.25) is 0 Å². The van der Waals surface area contributed by atoms with Crippen molar-refractivity contribution in [2.45, 2.75) is 5.41 Å². The molecule has 0 saturated heterocycles. The molecule has 5 rings (SSSR count). The Morgan fingerprint density at radius 1 is 0.960 bits per heavy atom. The van der Waals surface area contributed by atoms with Gasteiger partial charge in [-0.1, -0.05) is 12.1 Å². The van der Waals surface area contributed by atoms with Gasteiger partial charge in [0.05, 0.1) is 17.4 Å². The van der Waals surface area contributed by atoms with Crippen LogP contribution in [0.5, 0.6) is 11.5 Å². The summed E-state index contributed by atoms with van der Waals surface area (Å²) in [7, 11) is 0. The van der Waals surface area contributed by atoms with Gasteiger partial charge in [0.1, 0.15) is 11.5 Å². The Bertz CT molecular complexity index is 1000. The first kappa shape index (κ1) is 14.0. The van der Waals surface area contributed by atoms with E-state index >= 15 is 0 Å². The van der Waals surface area contributed by atoms with Crippen LogP contribution < -0.4 is 15.8 Å². The summed E-state index contributed by atoms with van der Waals surface area (Å²) in [6.07, 6.45) is 9.28. The third-order valence-corrected chi connectivity index (χ3v) is 4.91. The first-order valence-corrected chi connectivity index (χ1v) is 8.16. The molecule has 1 spiro atoms. The fourth-order valence-electron chi connectivity index (χ4n) is 3.73. The Hall–Kier alpha value is -3.34.